The number of carbonyl (C=O) groups is 1. The summed E-state index contributed by atoms with van der Waals surface area (Å²) in [5.74, 6) is 0. The van der Waals surface area contributed by atoms with Crippen LogP contribution in [0.15, 0.2) is 12.1 Å². The van der Waals surface area contributed by atoms with Crippen molar-refractivity contribution in [3.05, 3.63) is 28.5 Å². The molecule has 0 spiro atoms. The third-order valence-electron chi connectivity index (χ3n) is 1.13. The van der Waals surface area contributed by atoms with Crippen LogP contribution >= 0.6 is 11.6 Å². The van der Waals surface area contributed by atoms with Gasteiger partial charge in [0.15, 0.2) is 12.0 Å². The van der Waals surface area contributed by atoms with E-state index in [1.165, 1.54) is 12.1 Å². The SMILES string of the molecule is N#Cc1nc(Cl)ccc1C=O. The van der Waals surface area contributed by atoms with Crippen LogP contribution in [0.1, 0.15) is 16.1 Å². The number of rotatable bonds is 1. The summed E-state index contributed by atoms with van der Waals surface area (Å²) in [6.07, 6.45) is 0.571. The van der Waals surface area contributed by atoms with Crippen molar-refractivity contribution in [1.29, 1.82) is 5.26 Å². The summed E-state index contributed by atoms with van der Waals surface area (Å²) in [6.45, 7) is 0. The molecule has 0 amide bonds. The predicted molar refractivity (Wildman–Crippen MR) is 39.3 cm³/mol. The topological polar surface area (TPSA) is 53.8 Å². The summed E-state index contributed by atoms with van der Waals surface area (Å²) in [5, 5.41) is 8.66. The lowest BCUT2D eigenvalue weighted by Gasteiger charge is -1.92. The first-order valence-electron chi connectivity index (χ1n) is 2.79. The summed E-state index contributed by atoms with van der Waals surface area (Å²) in [7, 11) is 0. The fourth-order valence-electron chi connectivity index (χ4n) is 0.631. The molecule has 0 atom stereocenters. The average Bonchev–Trinajstić information content (AvgIpc) is 2.04. The van der Waals surface area contributed by atoms with E-state index in [0.717, 1.165) is 0 Å². The molecule has 3 nitrogen and oxygen atoms in total. The minimum Gasteiger partial charge on any atom is -0.298 e. The molecule has 4 heteroatoms. The first-order chi connectivity index (χ1) is 5.27. The zero-order chi connectivity index (χ0) is 8.27. The minimum absolute atomic E-state index is 0.0625. The van der Waals surface area contributed by atoms with Gasteiger partial charge in [0.25, 0.3) is 0 Å². The van der Waals surface area contributed by atoms with Crippen LogP contribution in [0.5, 0.6) is 0 Å². The Morgan fingerprint density at radius 3 is 2.91 bits per heavy atom. The highest BCUT2D eigenvalue weighted by molar-refractivity contribution is 6.29. The normalized spacial score (nSPS) is 8.73. The van der Waals surface area contributed by atoms with Gasteiger partial charge in [0.2, 0.25) is 0 Å². The molecule has 0 saturated heterocycles. The molecule has 11 heavy (non-hydrogen) atoms. The number of hydrogen-bond donors (Lipinski definition) is 0. The summed E-state index contributed by atoms with van der Waals surface area (Å²) in [4.78, 5) is 13.9. The summed E-state index contributed by atoms with van der Waals surface area (Å²) in [6, 6.07) is 4.68. The second-order valence-corrected chi connectivity index (χ2v) is 2.19. The summed E-state index contributed by atoms with van der Waals surface area (Å²) < 4.78 is 0. The summed E-state index contributed by atoms with van der Waals surface area (Å²) >= 11 is 5.47. The first kappa shape index (κ1) is 7.70. The third kappa shape index (κ3) is 1.54. The van der Waals surface area contributed by atoms with Gasteiger partial charge in [-0.15, -0.1) is 0 Å². The van der Waals surface area contributed by atoms with Gasteiger partial charge in [-0.3, -0.25) is 4.79 Å². The second kappa shape index (κ2) is 3.13. The molecular weight excluding hydrogens is 164 g/mol. The number of aldehydes is 1. The van der Waals surface area contributed by atoms with Crippen molar-refractivity contribution in [3.8, 4) is 6.07 Å². The molecule has 1 heterocycles. The maximum absolute atomic E-state index is 10.3. The molecule has 1 aromatic rings. The van der Waals surface area contributed by atoms with E-state index in [2.05, 4.69) is 4.98 Å². The smallest absolute Gasteiger partial charge is 0.152 e. The third-order valence-corrected chi connectivity index (χ3v) is 1.34. The maximum Gasteiger partial charge on any atom is 0.152 e. The molecule has 0 fully saturated rings. The second-order valence-electron chi connectivity index (χ2n) is 1.80. The van der Waals surface area contributed by atoms with E-state index in [9.17, 15) is 4.79 Å². The summed E-state index contributed by atoms with van der Waals surface area (Å²) in [5.41, 5.74) is 0.324. The van der Waals surface area contributed by atoms with Gasteiger partial charge in [-0.05, 0) is 12.1 Å². The quantitative estimate of drug-likeness (QED) is 0.468. The molecular formula is C7H3ClN2O. The zero-order valence-corrected chi connectivity index (χ0v) is 6.17. The van der Waals surface area contributed by atoms with Crippen molar-refractivity contribution in [1.82, 2.24) is 4.98 Å². The van der Waals surface area contributed by atoms with Crippen LogP contribution in [0, 0.1) is 11.3 Å². The standard InChI is InChI=1S/C7H3ClN2O/c8-7-2-1-5(4-11)6(3-9)10-7/h1-2,4H. The Labute approximate surface area is 68.2 Å². The molecule has 1 aromatic heterocycles. The van der Waals surface area contributed by atoms with Crippen molar-refractivity contribution >= 4 is 17.9 Å². The highest BCUT2D eigenvalue weighted by atomic mass is 35.5. The Balaban J connectivity index is 3.30. The van der Waals surface area contributed by atoms with Crippen LogP contribution in [0.4, 0.5) is 0 Å². The highest BCUT2D eigenvalue weighted by Gasteiger charge is 2.01. The number of nitrogens with zero attached hydrogens (tertiary/aromatic N) is 2. The monoisotopic (exact) mass is 166 g/mol. The number of pyridine rings is 1. The van der Waals surface area contributed by atoms with E-state index < -0.39 is 0 Å². The van der Waals surface area contributed by atoms with E-state index >= 15 is 0 Å². The van der Waals surface area contributed by atoms with Gasteiger partial charge in [-0.25, -0.2) is 4.98 Å². The van der Waals surface area contributed by atoms with Crippen molar-refractivity contribution in [2.75, 3.05) is 0 Å². The van der Waals surface area contributed by atoms with Crippen molar-refractivity contribution in [3.63, 3.8) is 0 Å². The Kier molecular flexibility index (Phi) is 2.19. The van der Waals surface area contributed by atoms with Gasteiger partial charge >= 0.3 is 0 Å². The van der Waals surface area contributed by atoms with Crippen LogP contribution in [-0.4, -0.2) is 11.3 Å². The van der Waals surface area contributed by atoms with Gasteiger partial charge in [0.1, 0.15) is 11.2 Å². The molecule has 0 N–H and O–H groups in total. The van der Waals surface area contributed by atoms with Crippen molar-refractivity contribution in [2.45, 2.75) is 0 Å². The number of aromatic nitrogens is 1. The lowest BCUT2D eigenvalue weighted by atomic mass is 10.2. The Hall–Kier alpha value is -1.40. The van der Waals surface area contributed by atoms with Gasteiger partial charge in [-0.2, -0.15) is 5.26 Å². The van der Waals surface area contributed by atoms with E-state index in [4.69, 9.17) is 16.9 Å². The van der Waals surface area contributed by atoms with E-state index in [1.807, 2.05) is 0 Å². The van der Waals surface area contributed by atoms with Gasteiger partial charge < -0.3 is 0 Å². The maximum atomic E-state index is 10.3. The van der Waals surface area contributed by atoms with Crippen LogP contribution in [-0.2, 0) is 0 Å². The predicted octanol–water partition coefficient (Wildman–Crippen LogP) is 1.42. The van der Waals surface area contributed by atoms with E-state index in [-0.39, 0.29) is 16.4 Å². The van der Waals surface area contributed by atoms with Crippen LogP contribution in [0.3, 0.4) is 0 Å². The number of nitriles is 1. The molecule has 0 saturated carbocycles. The van der Waals surface area contributed by atoms with Gasteiger partial charge in [-0.1, -0.05) is 11.6 Å². The Morgan fingerprint density at radius 2 is 2.36 bits per heavy atom. The number of carbonyl (C=O) groups excluding carboxylic acids is 1. The molecule has 0 aromatic carbocycles. The number of halogens is 1. The first-order valence-corrected chi connectivity index (χ1v) is 3.17. The molecule has 0 aliphatic carbocycles. The van der Waals surface area contributed by atoms with Crippen LogP contribution in [0.25, 0.3) is 0 Å². The fraction of sp³-hybridized carbons (Fsp3) is 0. The zero-order valence-electron chi connectivity index (χ0n) is 5.41. The molecule has 0 bridgehead atoms. The minimum atomic E-state index is 0.0625. The highest BCUT2D eigenvalue weighted by Crippen LogP contribution is 2.08. The molecule has 54 valence electrons. The average molecular weight is 167 g/mol. The van der Waals surface area contributed by atoms with Crippen LogP contribution in [0.2, 0.25) is 5.15 Å². The molecule has 1 rings (SSSR count). The van der Waals surface area contributed by atoms with Crippen molar-refractivity contribution < 1.29 is 4.79 Å². The van der Waals surface area contributed by atoms with Gasteiger partial charge in [0.05, 0.1) is 5.56 Å². The van der Waals surface area contributed by atoms with E-state index in [1.54, 1.807) is 6.07 Å². The van der Waals surface area contributed by atoms with Crippen LogP contribution < -0.4 is 0 Å². The fourth-order valence-corrected chi connectivity index (χ4v) is 0.778. The van der Waals surface area contributed by atoms with Crippen molar-refractivity contribution in [2.24, 2.45) is 0 Å². The number of hydrogen-bond acceptors (Lipinski definition) is 3. The largest absolute Gasteiger partial charge is 0.298 e. The lowest BCUT2D eigenvalue weighted by molar-refractivity contribution is 0.112. The molecule has 0 aliphatic rings. The Bertz CT molecular complexity index is 330. The molecule has 0 aliphatic heterocycles. The Morgan fingerprint density at radius 1 is 1.64 bits per heavy atom. The lowest BCUT2D eigenvalue weighted by Crippen LogP contribution is -1.90. The van der Waals surface area contributed by atoms with Gasteiger partial charge in [0, 0.05) is 0 Å². The molecule has 0 unspecified atom stereocenters. The molecule has 0 radical (unpaired) electrons. The van der Waals surface area contributed by atoms with E-state index in [0.29, 0.717) is 6.29 Å².